The van der Waals surface area contributed by atoms with Crippen molar-refractivity contribution in [2.24, 2.45) is 0 Å². The van der Waals surface area contributed by atoms with Gasteiger partial charge in [-0.3, -0.25) is 9.59 Å². The van der Waals surface area contributed by atoms with Crippen molar-refractivity contribution in [2.75, 3.05) is 27.3 Å². The fourth-order valence-corrected chi connectivity index (χ4v) is 2.03. The number of likely N-dealkylation sites (N-methyl/N-ethyl adjacent to an activating group) is 1. The van der Waals surface area contributed by atoms with Gasteiger partial charge in [0, 0.05) is 26.1 Å². The summed E-state index contributed by atoms with van der Waals surface area (Å²) in [6.45, 7) is 2.82. The van der Waals surface area contributed by atoms with Crippen molar-refractivity contribution in [1.82, 2.24) is 10.2 Å². The minimum absolute atomic E-state index is 0.155. The van der Waals surface area contributed by atoms with Crippen molar-refractivity contribution in [3.63, 3.8) is 0 Å². The van der Waals surface area contributed by atoms with E-state index in [4.69, 9.17) is 9.47 Å². The first kappa shape index (κ1) is 15.2. The first-order valence-corrected chi connectivity index (χ1v) is 6.90. The predicted molar refractivity (Wildman–Crippen MR) is 77.7 cm³/mol. The summed E-state index contributed by atoms with van der Waals surface area (Å²) < 4.78 is 11.1. The van der Waals surface area contributed by atoms with Crippen molar-refractivity contribution in [3.8, 4) is 11.5 Å². The normalized spacial score (nSPS) is 14.8. The molecule has 0 aliphatic carbocycles. The van der Waals surface area contributed by atoms with Crippen molar-refractivity contribution in [2.45, 2.75) is 19.4 Å². The smallest absolute Gasteiger partial charge is 0.252 e. The molecule has 21 heavy (non-hydrogen) atoms. The number of benzene rings is 1. The number of ether oxygens (including phenoxy) is 2. The minimum Gasteiger partial charge on any atom is -0.490 e. The maximum atomic E-state index is 12.2. The molecule has 1 N–H and O–H groups in total. The molecule has 0 unspecified atom stereocenters. The van der Waals surface area contributed by atoms with Gasteiger partial charge in [0.15, 0.2) is 11.5 Å². The SMILES string of the molecule is C[C@@H](NC(=O)c1ccc2c(c1)OCCCO2)C(=O)N(C)C. The van der Waals surface area contributed by atoms with Gasteiger partial charge in [-0.25, -0.2) is 0 Å². The number of carbonyl (C=O) groups excluding carboxylic acids is 2. The Balaban J connectivity index is 2.09. The second-order valence-corrected chi connectivity index (χ2v) is 5.14. The number of rotatable bonds is 3. The van der Waals surface area contributed by atoms with Crippen LogP contribution in [0.5, 0.6) is 11.5 Å². The molecule has 1 aromatic rings. The third kappa shape index (κ3) is 3.65. The summed E-state index contributed by atoms with van der Waals surface area (Å²) in [5, 5.41) is 2.67. The summed E-state index contributed by atoms with van der Waals surface area (Å²) in [4.78, 5) is 25.4. The molecule has 1 atom stereocenters. The van der Waals surface area contributed by atoms with Crippen LogP contribution < -0.4 is 14.8 Å². The Morgan fingerprint density at radius 1 is 1.19 bits per heavy atom. The second-order valence-electron chi connectivity index (χ2n) is 5.14. The number of carbonyl (C=O) groups is 2. The summed E-state index contributed by atoms with van der Waals surface area (Å²) in [5.74, 6) is 0.735. The lowest BCUT2D eigenvalue weighted by Crippen LogP contribution is -2.44. The predicted octanol–water partition coefficient (Wildman–Crippen LogP) is 1.05. The van der Waals surface area contributed by atoms with Gasteiger partial charge in [0.1, 0.15) is 6.04 Å². The Morgan fingerprint density at radius 3 is 2.52 bits per heavy atom. The average molecular weight is 292 g/mol. The van der Waals surface area contributed by atoms with Crippen LogP contribution in [0.1, 0.15) is 23.7 Å². The van der Waals surface area contributed by atoms with E-state index in [0.717, 1.165) is 6.42 Å². The molecule has 1 aliphatic rings. The van der Waals surface area contributed by atoms with E-state index in [1.807, 2.05) is 0 Å². The highest BCUT2D eigenvalue weighted by Crippen LogP contribution is 2.30. The Labute approximate surface area is 124 Å². The molecule has 6 nitrogen and oxygen atoms in total. The minimum atomic E-state index is -0.580. The first-order valence-electron chi connectivity index (χ1n) is 6.90. The highest BCUT2D eigenvalue weighted by Gasteiger charge is 2.19. The van der Waals surface area contributed by atoms with E-state index in [2.05, 4.69) is 5.32 Å². The Hall–Kier alpha value is -2.24. The zero-order valence-electron chi connectivity index (χ0n) is 12.5. The zero-order chi connectivity index (χ0) is 15.4. The molecule has 1 aliphatic heterocycles. The van der Waals surface area contributed by atoms with Crippen molar-refractivity contribution in [1.29, 1.82) is 0 Å². The van der Waals surface area contributed by atoms with Crippen LogP contribution in [0.15, 0.2) is 18.2 Å². The van der Waals surface area contributed by atoms with E-state index in [1.165, 1.54) is 4.90 Å². The van der Waals surface area contributed by atoms with Crippen LogP contribution in [0.3, 0.4) is 0 Å². The highest BCUT2D eigenvalue weighted by molar-refractivity contribution is 5.97. The van der Waals surface area contributed by atoms with Gasteiger partial charge in [-0.05, 0) is 25.1 Å². The van der Waals surface area contributed by atoms with E-state index in [0.29, 0.717) is 30.3 Å². The van der Waals surface area contributed by atoms with E-state index in [9.17, 15) is 9.59 Å². The van der Waals surface area contributed by atoms with E-state index in [-0.39, 0.29) is 11.8 Å². The van der Waals surface area contributed by atoms with Crippen LogP contribution in [0.2, 0.25) is 0 Å². The Morgan fingerprint density at radius 2 is 1.86 bits per heavy atom. The largest absolute Gasteiger partial charge is 0.490 e. The molecule has 0 fully saturated rings. The maximum absolute atomic E-state index is 12.2. The average Bonchev–Trinajstić information content (AvgIpc) is 2.70. The molecule has 0 aromatic heterocycles. The van der Waals surface area contributed by atoms with Gasteiger partial charge in [-0.2, -0.15) is 0 Å². The molecular formula is C15H20N2O4. The van der Waals surface area contributed by atoms with E-state index in [1.54, 1.807) is 39.2 Å². The number of nitrogens with one attached hydrogen (secondary N) is 1. The van der Waals surface area contributed by atoms with Crippen molar-refractivity contribution < 1.29 is 19.1 Å². The monoisotopic (exact) mass is 292 g/mol. The highest BCUT2D eigenvalue weighted by atomic mass is 16.5. The van der Waals surface area contributed by atoms with Crippen LogP contribution in [0, 0.1) is 0 Å². The number of hydrogen-bond donors (Lipinski definition) is 1. The molecule has 2 rings (SSSR count). The van der Waals surface area contributed by atoms with Gasteiger partial charge in [0.2, 0.25) is 5.91 Å². The summed E-state index contributed by atoms with van der Waals surface area (Å²) in [6.07, 6.45) is 0.810. The Bertz CT molecular complexity index is 542. The fourth-order valence-electron chi connectivity index (χ4n) is 2.03. The zero-order valence-corrected chi connectivity index (χ0v) is 12.5. The molecule has 2 amide bonds. The summed E-state index contributed by atoms with van der Waals surface area (Å²) in [7, 11) is 3.30. The van der Waals surface area contributed by atoms with E-state index >= 15 is 0 Å². The van der Waals surface area contributed by atoms with Crippen LogP contribution in [0.4, 0.5) is 0 Å². The molecule has 0 saturated heterocycles. The van der Waals surface area contributed by atoms with E-state index < -0.39 is 6.04 Å². The maximum Gasteiger partial charge on any atom is 0.252 e. The third-order valence-corrected chi connectivity index (χ3v) is 3.17. The molecule has 114 valence electrons. The molecular weight excluding hydrogens is 272 g/mol. The molecule has 1 heterocycles. The van der Waals surface area contributed by atoms with Gasteiger partial charge >= 0.3 is 0 Å². The van der Waals surface area contributed by atoms with Crippen LogP contribution in [0.25, 0.3) is 0 Å². The second kappa shape index (κ2) is 6.47. The van der Waals surface area contributed by atoms with Gasteiger partial charge in [-0.15, -0.1) is 0 Å². The number of amides is 2. The van der Waals surface area contributed by atoms with Gasteiger partial charge in [-0.1, -0.05) is 0 Å². The van der Waals surface area contributed by atoms with Crippen molar-refractivity contribution >= 4 is 11.8 Å². The van der Waals surface area contributed by atoms with Crippen LogP contribution in [-0.4, -0.2) is 50.1 Å². The number of hydrogen-bond acceptors (Lipinski definition) is 4. The lowest BCUT2D eigenvalue weighted by atomic mass is 10.1. The third-order valence-electron chi connectivity index (χ3n) is 3.17. The number of nitrogens with zero attached hydrogens (tertiary/aromatic N) is 1. The first-order chi connectivity index (χ1) is 9.99. The molecule has 0 saturated carbocycles. The standard InChI is InChI=1S/C15H20N2O4/c1-10(15(19)17(2)3)16-14(18)11-5-6-12-13(9-11)21-8-4-7-20-12/h5-6,9-10H,4,7-8H2,1-3H3,(H,16,18)/t10-/m1/s1. The lowest BCUT2D eigenvalue weighted by molar-refractivity contribution is -0.130. The van der Waals surface area contributed by atoms with Gasteiger partial charge in [0.25, 0.3) is 5.91 Å². The van der Waals surface area contributed by atoms with Gasteiger partial charge < -0.3 is 19.7 Å². The van der Waals surface area contributed by atoms with Gasteiger partial charge in [0.05, 0.1) is 13.2 Å². The molecule has 6 heteroatoms. The lowest BCUT2D eigenvalue weighted by Gasteiger charge is -2.18. The van der Waals surface area contributed by atoms with Crippen LogP contribution in [-0.2, 0) is 4.79 Å². The van der Waals surface area contributed by atoms with Crippen LogP contribution >= 0.6 is 0 Å². The summed E-state index contributed by atoms with van der Waals surface area (Å²) in [5.41, 5.74) is 0.442. The topological polar surface area (TPSA) is 67.9 Å². The Kier molecular flexibility index (Phi) is 4.67. The summed E-state index contributed by atoms with van der Waals surface area (Å²) >= 11 is 0. The molecule has 1 aromatic carbocycles. The summed E-state index contributed by atoms with van der Waals surface area (Å²) in [6, 6.07) is 4.44. The quantitative estimate of drug-likeness (QED) is 0.904. The van der Waals surface area contributed by atoms with Crippen molar-refractivity contribution in [3.05, 3.63) is 23.8 Å². The number of fused-ring (bicyclic) bond motifs is 1. The molecule has 0 spiro atoms. The fraction of sp³-hybridized carbons (Fsp3) is 0.467. The molecule has 0 bridgehead atoms. The molecule has 0 radical (unpaired) electrons.